The van der Waals surface area contributed by atoms with Gasteiger partial charge in [-0.05, 0) is 79.3 Å². The van der Waals surface area contributed by atoms with Crippen LogP contribution in [0.25, 0.3) is 44.8 Å². The third-order valence-corrected chi connectivity index (χ3v) is 8.05. The van der Waals surface area contributed by atoms with E-state index in [1.807, 2.05) is 49.6 Å². The fraction of sp³-hybridized carbons (Fsp3) is 0.200. The lowest BCUT2D eigenvalue weighted by Gasteiger charge is -2.33. The molecule has 0 amide bonds. The van der Waals surface area contributed by atoms with Crippen molar-refractivity contribution in [3.8, 4) is 33.8 Å². The Hall–Kier alpha value is -4.68. The van der Waals surface area contributed by atoms with Crippen molar-refractivity contribution in [3.63, 3.8) is 0 Å². The summed E-state index contributed by atoms with van der Waals surface area (Å²) in [4.78, 5) is 17.0. The van der Waals surface area contributed by atoms with Gasteiger partial charge >= 0.3 is 0 Å². The molecule has 1 saturated heterocycles. The summed E-state index contributed by atoms with van der Waals surface area (Å²) in [6.07, 6.45) is 6.31. The molecule has 1 aliphatic heterocycles. The molecular weight excluding hydrogens is 504 g/mol. The van der Waals surface area contributed by atoms with Crippen LogP contribution in [-0.2, 0) is 6.54 Å². The van der Waals surface area contributed by atoms with Crippen LogP contribution in [0.5, 0.6) is 0 Å². The first-order valence-corrected chi connectivity index (χ1v) is 14.3. The number of nitrogens with one attached hydrogen (secondary N) is 1. The van der Waals surface area contributed by atoms with Gasteiger partial charge in [-0.25, -0.2) is 4.98 Å². The van der Waals surface area contributed by atoms with Crippen LogP contribution in [0.15, 0.2) is 103 Å². The van der Waals surface area contributed by atoms with Gasteiger partial charge in [-0.1, -0.05) is 60.7 Å². The third kappa shape index (κ3) is 5.39. The number of rotatable bonds is 6. The van der Waals surface area contributed by atoms with Gasteiger partial charge in [0, 0.05) is 42.3 Å². The molecule has 7 rings (SSSR count). The predicted molar refractivity (Wildman–Crippen MR) is 164 cm³/mol. The van der Waals surface area contributed by atoms with Crippen LogP contribution in [0, 0.1) is 6.92 Å². The normalized spacial score (nSPS) is 15.8. The number of fused-ring (bicyclic) bond motifs is 1. The topological polar surface area (TPSA) is 70.6 Å². The molecule has 6 aromatic rings. The average Bonchev–Trinajstić information content (AvgIpc) is 3.52. The number of nitrogens with zero attached hydrogens (tertiary/aromatic N) is 5. The molecule has 1 fully saturated rings. The molecule has 1 atom stereocenters. The quantitative estimate of drug-likeness (QED) is 0.240. The van der Waals surface area contributed by atoms with Gasteiger partial charge in [0.25, 0.3) is 0 Å². The second-order valence-electron chi connectivity index (χ2n) is 11.0. The Labute approximate surface area is 240 Å². The van der Waals surface area contributed by atoms with Crippen molar-refractivity contribution < 1.29 is 0 Å². The Balaban J connectivity index is 1.12. The molecule has 1 unspecified atom stereocenters. The van der Waals surface area contributed by atoms with Crippen LogP contribution in [-0.4, -0.2) is 43.1 Å². The van der Waals surface area contributed by atoms with Crippen molar-refractivity contribution in [2.24, 2.45) is 0 Å². The van der Waals surface area contributed by atoms with E-state index in [1.54, 1.807) is 0 Å². The minimum Gasteiger partial charge on any atom is -0.298 e. The monoisotopic (exact) mass is 536 g/mol. The van der Waals surface area contributed by atoms with E-state index in [9.17, 15) is 0 Å². The molecular formula is C35H32N6. The summed E-state index contributed by atoms with van der Waals surface area (Å²) < 4.78 is 0. The molecule has 41 heavy (non-hydrogen) atoms. The summed E-state index contributed by atoms with van der Waals surface area (Å²) in [5.41, 5.74) is 11.1. The highest BCUT2D eigenvalue weighted by Gasteiger charge is 2.21. The molecule has 6 heteroatoms. The summed E-state index contributed by atoms with van der Waals surface area (Å²) in [7, 11) is 0. The lowest BCUT2D eigenvalue weighted by Crippen LogP contribution is -2.33. The van der Waals surface area contributed by atoms with E-state index in [4.69, 9.17) is 9.97 Å². The number of aromatic nitrogens is 5. The van der Waals surface area contributed by atoms with E-state index in [-0.39, 0.29) is 0 Å². The SMILES string of the molecule is Cc1cccc(-c2n[nH]cc2-c2ccc3ncc(-c4ccc(C5CCCN(Cc6ccccc6)C5)cc4)cc3n2)n1. The van der Waals surface area contributed by atoms with Crippen molar-refractivity contribution in [2.75, 3.05) is 13.1 Å². The Morgan fingerprint density at radius 2 is 1.71 bits per heavy atom. The molecule has 0 bridgehead atoms. The summed E-state index contributed by atoms with van der Waals surface area (Å²) in [5.74, 6) is 0.563. The molecule has 0 aliphatic carbocycles. The minimum absolute atomic E-state index is 0.563. The molecule has 1 aliphatic rings. The minimum atomic E-state index is 0.563. The number of benzene rings is 2. The first-order valence-electron chi connectivity index (χ1n) is 14.3. The van der Waals surface area contributed by atoms with Crippen LogP contribution >= 0.6 is 0 Å². The molecule has 1 N–H and O–H groups in total. The highest BCUT2D eigenvalue weighted by molar-refractivity contribution is 5.85. The summed E-state index contributed by atoms with van der Waals surface area (Å²) in [6, 6.07) is 32.0. The second kappa shape index (κ2) is 11.1. The number of piperidine rings is 1. The van der Waals surface area contributed by atoms with Crippen LogP contribution in [0.1, 0.15) is 35.6 Å². The maximum atomic E-state index is 4.99. The number of H-pyrrole nitrogens is 1. The zero-order valence-corrected chi connectivity index (χ0v) is 23.2. The largest absolute Gasteiger partial charge is 0.298 e. The van der Waals surface area contributed by atoms with Crippen LogP contribution in [0.2, 0.25) is 0 Å². The predicted octanol–water partition coefficient (Wildman–Crippen LogP) is 7.44. The van der Waals surface area contributed by atoms with E-state index in [2.05, 4.69) is 80.7 Å². The lowest BCUT2D eigenvalue weighted by atomic mass is 9.89. The molecule has 0 saturated carbocycles. The standard InChI is InChI=1S/C35H32N6/c1-24-7-5-11-33(38-24)35-30(21-37-40-35)31-16-17-32-34(39-31)19-29(20-36-32)27-14-12-26(13-15-27)28-10-6-18-41(23-28)22-25-8-3-2-4-9-25/h2-5,7-9,11-17,19-21,28H,6,10,18,22-23H2,1H3,(H,37,40). The van der Waals surface area contributed by atoms with E-state index in [0.29, 0.717) is 5.92 Å². The summed E-state index contributed by atoms with van der Waals surface area (Å²) in [6.45, 7) is 5.28. The number of aryl methyl sites for hydroxylation is 1. The van der Waals surface area contributed by atoms with Gasteiger partial charge in [-0.15, -0.1) is 0 Å². The number of hydrogen-bond acceptors (Lipinski definition) is 5. The molecule has 0 spiro atoms. The fourth-order valence-corrected chi connectivity index (χ4v) is 5.93. The molecule has 2 aromatic carbocycles. The highest BCUT2D eigenvalue weighted by atomic mass is 15.1. The molecule has 0 radical (unpaired) electrons. The fourth-order valence-electron chi connectivity index (χ4n) is 5.93. The van der Waals surface area contributed by atoms with Gasteiger partial charge in [0.1, 0.15) is 5.69 Å². The molecule has 6 nitrogen and oxygen atoms in total. The summed E-state index contributed by atoms with van der Waals surface area (Å²) >= 11 is 0. The third-order valence-electron chi connectivity index (χ3n) is 8.05. The first kappa shape index (κ1) is 25.3. The number of hydrogen-bond donors (Lipinski definition) is 1. The lowest BCUT2D eigenvalue weighted by molar-refractivity contribution is 0.200. The van der Waals surface area contributed by atoms with Crippen molar-refractivity contribution >= 4 is 11.0 Å². The smallest absolute Gasteiger partial charge is 0.120 e. The van der Waals surface area contributed by atoms with Crippen molar-refractivity contribution in [1.82, 2.24) is 30.0 Å². The average molecular weight is 537 g/mol. The van der Waals surface area contributed by atoms with Gasteiger partial charge in [0.05, 0.1) is 22.4 Å². The van der Waals surface area contributed by atoms with Crippen molar-refractivity contribution in [1.29, 1.82) is 0 Å². The van der Waals surface area contributed by atoms with Crippen LogP contribution in [0.4, 0.5) is 0 Å². The number of pyridine rings is 3. The number of likely N-dealkylation sites (tertiary alicyclic amines) is 1. The molecule has 5 heterocycles. The van der Waals surface area contributed by atoms with Gasteiger partial charge in [-0.2, -0.15) is 5.10 Å². The zero-order valence-electron chi connectivity index (χ0n) is 23.2. The van der Waals surface area contributed by atoms with Crippen LogP contribution in [0.3, 0.4) is 0 Å². The maximum Gasteiger partial charge on any atom is 0.120 e. The van der Waals surface area contributed by atoms with E-state index < -0.39 is 0 Å². The Morgan fingerprint density at radius 1 is 0.829 bits per heavy atom. The zero-order chi connectivity index (χ0) is 27.6. The highest BCUT2D eigenvalue weighted by Crippen LogP contribution is 2.32. The molecule has 4 aromatic heterocycles. The van der Waals surface area contributed by atoms with E-state index in [0.717, 1.165) is 63.6 Å². The van der Waals surface area contributed by atoms with Gasteiger partial charge in [0.15, 0.2) is 0 Å². The molecule has 202 valence electrons. The van der Waals surface area contributed by atoms with E-state index in [1.165, 1.54) is 30.5 Å². The van der Waals surface area contributed by atoms with Crippen LogP contribution < -0.4 is 0 Å². The van der Waals surface area contributed by atoms with Gasteiger partial charge in [0.2, 0.25) is 0 Å². The number of aromatic amines is 1. The van der Waals surface area contributed by atoms with Crippen molar-refractivity contribution in [3.05, 3.63) is 120 Å². The summed E-state index contributed by atoms with van der Waals surface area (Å²) in [5, 5.41) is 7.47. The second-order valence-corrected chi connectivity index (χ2v) is 11.0. The van der Waals surface area contributed by atoms with Gasteiger partial charge < -0.3 is 0 Å². The Bertz CT molecular complexity index is 1790. The maximum absolute atomic E-state index is 4.99. The van der Waals surface area contributed by atoms with Crippen molar-refractivity contribution in [2.45, 2.75) is 32.2 Å². The Kier molecular flexibility index (Phi) is 6.83. The Morgan fingerprint density at radius 3 is 2.56 bits per heavy atom. The first-order chi connectivity index (χ1) is 20.2. The van der Waals surface area contributed by atoms with E-state index >= 15 is 0 Å². The van der Waals surface area contributed by atoms with Gasteiger partial charge in [-0.3, -0.25) is 20.0 Å².